The molecule has 0 aliphatic carbocycles. The number of hydrogen-bond donors (Lipinski definition) is 2. The molecule has 2 aromatic heterocycles. The highest BCUT2D eigenvalue weighted by atomic mass is 16.5. The number of furan rings is 1. The summed E-state index contributed by atoms with van der Waals surface area (Å²) in [7, 11) is 0. The van der Waals surface area contributed by atoms with E-state index in [2.05, 4.69) is 15.8 Å². The summed E-state index contributed by atoms with van der Waals surface area (Å²) in [6.45, 7) is 2.77. The molecule has 0 radical (unpaired) electrons. The number of carbonyl (C=O) groups is 3. The summed E-state index contributed by atoms with van der Waals surface area (Å²) in [6.07, 6.45) is 0. The molecule has 0 spiro atoms. The minimum absolute atomic E-state index is 0.213. The predicted octanol–water partition coefficient (Wildman–Crippen LogP) is 2.13. The van der Waals surface area contributed by atoms with Crippen molar-refractivity contribution >= 4 is 34.6 Å². The van der Waals surface area contributed by atoms with E-state index < -0.39 is 29.9 Å². The molecule has 0 bridgehead atoms. The first-order valence-electron chi connectivity index (χ1n) is 8.23. The second-order valence-corrected chi connectivity index (χ2v) is 6.47. The Labute approximate surface area is 153 Å². The first kappa shape index (κ1) is 16.8. The average molecular weight is 368 g/mol. The number of imide groups is 1. The first-order valence-corrected chi connectivity index (χ1v) is 8.23. The SMILES string of the molecule is Cc1cc(NC(=O)CN2C(=O)NC(C)(c3cc4ccccc4o3)C2=O)no1. The van der Waals surface area contributed by atoms with E-state index in [9.17, 15) is 14.4 Å². The van der Waals surface area contributed by atoms with Crippen LogP contribution in [-0.4, -0.2) is 34.4 Å². The molecule has 4 amide bonds. The summed E-state index contributed by atoms with van der Waals surface area (Å²) in [5.74, 6) is -0.0990. The van der Waals surface area contributed by atoms with E-state index in [0.29, 0.717) is 17.1 Å². The Hall–Kier alpha value is -3.62. The van der Waals surface area contributed by atoms with Gasteiger partial charge in [0.1, 0.15) is 23.6 Å². The van der Waals surface area contributed by atoms with Gasteiger partial charge in [-0.3, -0.25) is 14.5 Å². The summed E-state index contributed by atoms with van der Waals surface area (Å²) in [5.41, 5.74) is -0.783. The third-order valence-corrected chi connectivity index (χ3v) is 4.39. The quantitative estimate of drug-likeness (QED) is 0.681. The van der Waals surface area contributed by atoms with Crippen molar-refractivity contribution in [2.75, 3.05) is 11.9 Å². The molecule has 1 atom stereocenters. The van der Waals surface area contributed by atoms with Crippen molar-refractivity contribution in [1.82, 2.24) is 15.4 Å². The first-order chi connectivity index (χ1) is 12.9. The Morgan fingerprint density at radius 1 is 1.30 bits per heavy atom. The largest absolute Gasteiger partial charge is 0.458 e. The van der Waals surface area contributed by atoms with Crippen LogP contribution in [0.15, 0.2) is 45.3 Å². The summed E-state index contributed by atoms with van der Waals surface area (Å²) in [4.78, 5) is 38.2. The lowest BCUT2D eigenvalue weighted by Crippen LogP contribution is -2.41. The van der Waals surface area contributed by atoms with E-state index in [0.717, 1.165) is 10.3 Å². The molecule has 1 aliphatic heterocycles. The van der Waals surface area contributed by atoms with Gasteiger partial charge >= 0.3 is 6.03 Å². The van der Waals surface area contributed by atoms with Crippen molar-refractivity contribution in [3.8, 4) is 0 Å². The third kappa shape index (κ3) is 2.82. The smallest absolute Gasteiger partial charge is 0.325 e. The normalized spacial score (nSPS) is 19.6. The van der Waals surface area contributed by atoms with Crippen LogP contribution in [0.25, 0.3) is 11.0 Å². The average Bonchev–Trinajstić information content (AvgIpc) is 3.29. The number of benzene rings is 1. The molecule has 2 N–H and O–H groups in total. The van der Waals surface area contributed by atoms with E-state index in [1.807, 2.05) is 18.2 Å². The molecule has 1 fully saturated rings. The fourth-order valence-corrected chi connectivity index (χ4v) is 2.99. The van der Waals surface area contributed by atoms with Crippen LogP contribution in [0, 0.1) is 6.92 Å². The highest BCUT2D eigenvalue weighted by Gasteiger charge is 2.51. The van der Waals surface area contributed by atoms with E-state index in [1.165, 1.54) is 6.07 Å². The molecule has 138 valence electrons. The Kier molecular flexibility index (Phi) is 3.72. The maximum absolute atomic E-state index is 12.9. The van der Waals surface area contributed by atoms with Gasteiger partial charge in [0.05, 0.1) is 0 Å². The molecule has 9 nitrogen and oxygen atoms in total. The number of hydrogen-bond acceptors (Lipinski definition) is 6. The van der Waals surface area contributed by atoms with Gasteiger partial charge in [-0.05, 0) is 26.0 Å². The van der Waals surface area contributed by atoms with Crippen LogP contribution < -0.4 is 10.6 Å². The van der Waals surface area contributed by atoms with Gasteiger partial charge in [0.15, 0.2) is 11.4 Å². The molecule has 9 heteroatoms. The molecule has 0 saturated carbocycles. The fraction of sp³-hybridized carbons (Fsp3) is 0.222. The minimum Gasteiger partial charge on any atom is -0.458 e. The zero-order valence-corrected chi connectivity index (χ0v) is 14.6. The van der Waals surface area contributed by atoms with Gasteiger partial charge in [-0.15, -0.1) is 0 Å². The highest BCUT2D eigenvalue weighted by Crippen LogP contribution is 2.32. The van der Waals surface area contributed by atoms with Crippen LogP contribution >= 0.6 is 0 Å². The van der Waals surface area contributed by atoms with Gasteiger partial charge in [-0.25, -0.2) is 4.79 Å². The topological polar surface area (TPSA) is 118 Å². The van der Waals surface area contributed by atoms with Crippen molar-refractivity contribution in [3.05, 3.63) is 47.9 Å². The molecule has 27 heavy (non-hydrogen) atoms. The molecule has 3 heterocycles. The molecular weight excluding hydrogens is 352 g/mol. The van der Waals surface area contributed by atoms with Crippen molar-refractivity contribution < 1.29 is 23.3 Å². The number of aromatic nitrogens is 1. The second-order valence-electron chi connectivity index (χ2n) is 6.47. The van der Waals surface area contributed by atoms with Crippen LogP contribution in [0.1, 0.15) is 18.4 Å². The molecule has 1 aliphatic rings. The van der Waals surface area contributed by atoms with Gasteiger partial charge in [0.25, 0.3) is 5.91 Å². The lowest BCUT2D eigenvalue weighted by Gasteiger charge is -2.18. The number of nitrogens with zero attached hydrogens (tertiary/aromatic N) is 2. The lowest BCUT2D eigenvalue weighted by molar-refractivity contribution is -0.134. The number of para-hydroxylation sites is 1. The van der Waals surface area contributed by atoms with E-state index in [1.54, 1.807) is 26.0 Å². The zero-order chi connectivity index (χ0) is 19.2. The van der Waals surface area contributed by atoms with Crippen molar-refractivity contribution in [2.45, 2.75) is 19.4 Å². The van der Waals surface area contributed by atoms with Crippen molar-refractivity contribution in [2.24, 2.45) is 0 Å². The molecular formula is C18H16N4O5. The third-order valence-electron chi connectivity index (χ3n) is 4.39. The van der Waals surface area contributed by atoms with Gasteiger partial charge in [0.2, 0.25) is 5.91 Å². The molecule has 4 rings (SSSR count). The Morgan fingerprint density at radius 2 is 2.07 bits per heavy atom. The number of amides is 4. The summed E-state index contributed by atoms with van der Waals surface area (Å²) < 4.78 is 10.6. The highest BCUT2D eigenvalue weighted by molar-refractivity contribution is 6.10. The summed E-state index contributed by atoms with van der Waals surface area (Å²) in [6, 6.07) is 9.84. The summed E-state index contributed by atoms with van der Waals surface area (Å²) in [5, 5.41) is 9.54. The van der Waals surface area contributed by atoms with Gasteiger partial charge < -0.3 is 19.6 Å². The van der Waals surface area contributed by atoms with E-state index >= 15 is 0 Å². The Balaban J connectivity index is 1.54. The summed E-state index contributed by atoms with van der Waals surface area (Å²) >= 11 is 0. The number of anilines is 1. The number of fused-ring (bicyclic) bond motifs is 1. The molecule has 3 aromatic rings. The Morgan fingerprint density at radius 3 is 2.78 bits per heavy atom. The van der Waals surface area contributed by atoms with Crippen LogP contribution in [0.2, 0.25) is 0 Å². The van der Waals surface area contributed by atoms with Crippen LogP contribution in [0.3, 0.4) is 0 Å². The van der Waals surface area contributed by atoms with Crippen LogP contribution in [0.5, 0.6) is 0 Å². The van der Waals surface area contributed by atoms with Gasteiger partial charge in [-0.1, -0.05) is 23.4 Å². The number of rotatable bonds is 4. The zero-order valence-electron chi connectivity index (χ0n) is 14.6. The lowest BCUT2D eigenvalue weighted by atomic mass is 9.99. The number of carbonyl (C=O) groups excluding carboxylic acids is 3. The molecule has 1 unspecified atom stereocenters. The second kappa shape index (κ2) is 5.97. The number of urea groups is 1. The van der Waals surface area contributed by atoms with E-state index in [-0.39, 0.29) is 5.82 Å². The standard InChI is InChI=1S/C18H16N4O5/c1-10-7-14(21-27-10)19-15(23)9-22-16(24)18(2,20-17(22)25)13-8-11-5-3-4-6-12(11)26-13/h3-8H,9H2,1-2H3,(H,20,25)(H,19,21,23). The van der Waals surface area contributed by atoms with Gasteiger partial charge in [0, 0.05) is 11.5 Å². The number of nitrogens with one attached hydrogen (secondary N) is 2. The fourth-order valence-electron chi connectivity index (χ4n) is 2.99. The number of aryl methyl sites for hydroxylation is 1. The minimum atomic E-state index is -1.39. The van der Waals surface area contributed by atoms with Crippen LogP contribution in [-0.2, 0) is 15.1 Å². The van der Waals surface area contributed by atoms with Crippen molar-refractivity contribution in [1.29, 1.82) is 0 Å². The predicted molar refractivity (Wildman–Crippen MR) is 93.7 cm³/mol. The van der Waals surface area contributed by atoms with Crippen LogP contribution in [0.4, 0.5) is 10.6 Å². The van der Waals surface area contributed by atoms with Gasteiger partial charge in [-0.2, -0.15) is 0 Å². The maximum Gasteiger partial charge on any atom is 0.325 e. The van der Waals surface area contributed by atoms with Crippen molar-refractivity contribution in [3.63, 3.8) is 0 Å². The molecule has 1 saturated heterocycles. The molecule has 1 aromatic carbocycles. The Bertz CT molecular complexity index is 1040. The monoisotopic (exact) mass is 368 g/mol. The maximum atomic E-state index is 12.9. The van der Waals surface area contributed by atoms with E-state index in [4.69, 9.17) is 8.94 Å².